The van der Waals surface area contributed by atoms with Crippen LogP contribution in [0.2, 0.25) is 0 Å². The molecule has 0 rings (SSSR count). The van der Waals surface area contributed by atoms with Gasteiger partial charge in [0, 0.05) is 0 Å². The molecule has 0 aromatic rings. The van der Waals surface area contributed by atoms with Crippen LogP contribution in [0, 0.1) is 5.41 Å². The Hall–Kier alpha value is -0.530. The van der Waals surface area contributed by atoms with E-state index in [1.165, 1.54) is 25.7 Å². The molecule has 1 N–H and O–H groups in total. The van der Waals surface area contributed by atoms with Crippen LogP contribution in [-0.4, -0.2) is 11.1 Å². The zero-order valence-electron chi connectivity index (χ0n) is 11.9. The van der Waals surface area contributed by atoms with Crippen LogP contribution in [-0.2, 0) is 4.79 Å². The molecule has 0 aliphatic rings. The fourth-order valence-electron chi connectivity index (χ4n) is 2.58. The van der Waals surface area contributed by atoms with Crippen molar-refractivity contribution in [2.75, 3.05) is 0 Å². The van der Waals surface area contributed by atoms with E-state index in [2.05, 4.69) is 20.8 Å². The highest BCUT2D eigenvalue weighted by Crippen LogP contribution is 2.38. The highest BCUT2D eigenvalue weighted by atomic mass is 16.4. The predicted octanol–water partition coefficient (Wildman–Crippen LogP) is 5.02. The standard InChI is InChI=1S/C15H30O2/c1-4-7-9-10-12-15(6-3,11-8-5-2)13-14(16)17/h4-13H2,1-3H3,(H,16,17). The maximum atomic E-state index is 11.0. The molecule has 0 heterocycles. The quantitative estimate of drug-likeness (QED) is 0.517. The minimum absolute atomic E-state index is 0.0651. The SMILES string of the molecule is CCCCCCC(CC)(CCCC)CC(=O)O. The van der Waals surface area contributed by atoms with Gasteiger partial charge in [-0.15, -0.1) is 0 Å². The molecular weight excluding hydrogens is 212 g/mol. The molecule has 2 nitrogen and oxygen atoms in total. The molecule has 0 aliphatic carbocycles. The second-order valence-corrected chi connectivity index (χ2v) is 5.34. The van der Waals surface area contributed by atoms with Gasteiger partial charge in [0.1, 0.15) is 0 Å². The first-order valence-corrected chi connectivity index (χ1v) is 7.32. The number of rotatable bonds is 11. The molecule has 1 unspecified atom stereocenters. The minimum atomic E-state index is -0.626. The van der Waals surface area contributed by atoms with Crippen LogP contribution in [0.25, 0.3) is 0 Å². The number of carboxylic acid groups (broad SMARTS) is 1. The second-order valence-electron chi connectivity index (χ2n) is 5.34. The number of unbranched alkanes of at least 4 members (excludes halogenated alkanes) is 4. The zero-order valence-corrected chi connectivity index (χ0v) is 11.9. The van der Waals surface area contributed by atoms with Crippen LogP contribution in [0.1, 0.15) is 85.0 Å². The van der Waals surface area contributed by atoms with E-state index in [9.17, 15) is 4.79 Å². The molecule has 17 heavy (non-hydrogen) atoms. The Morgan fingerprint density at radius 3 is 2.00 bits per heavy atom. The van der Waals surface area contributed by atoms with Crippen molar-refractivity contribution in [1.82, 2.24) is 0 Å². The van der Waals surface area contributed by atoms with Crippen molar-refractivity contribution in [3.8, 4) is 0 Å². The Labute approximate surface area is 107 Å². The van der Waals surface area contributed by atoms with Crippen molar-refractivity contribution >= 4 is 5.97 Å². The average molecular weight is 242 g/mol. The molecule has 1 atom stereocenters. The minimum Gasteiger partial charge on any atom is -0.481 e. The average Bonchev–Trinajstić information content (AvgIpc) is 2.31. The van der Waals surface area contributed by atoms with Gasteiger partial charge in [0.15, 0.2) is 0 Å². The van der Waals surface area contributed by atoms with Crippen molar-refractivity contribution in [3.05, 3.63) is 0 Å². The molecule has 0 fully saturated rings. The molecule has 0 bridgehead atoms. The molecule has 102 valence electrons. The van der Waals surface area contributed by atoms with Crippen LogP contribution in [0.15, 0.2) is 0 Å². The molecular formula is C15H30O2. The number of hydrogen-bond acceptors (Lipinski definition) is 1. The summed E-state index contributed by atoms with van der Waals surface area (Å²) in [6.07, 6.45) is 10.8. The Morgan fingerprint density at radius 1 is 0.941 bits per heavy atom. The maximum Gasteiger partial charge on any atom is 0.303 e. The van der Waals surface area contributed by atoms with Gasteiger partial charge in [-0.25, -0.2) is 0 Å². The first-order valence-electron chi connectivity index (χ1n) is 7.32. The summed E-state index contributed by atoms with van der Waals surface area (Å²) in [5, 5.41) is 9.08. The van der Waals surface area contributed by atoms with E-state index in [1.807, 2.05) is 0 Å². The first kappa shape index (κ1) is 16.5. The highest BCUT2D eigenvalue weighted by Gasteiger charge is 2.29. The summed E-state index contributed by atoms with van der Waals surface area (Å²) in [4.78, 5) is 11.0. The van der Waals surface area contributed by atoms with Gasteiger partial charge in [-0.1, -0.05) is 59.3 Å². The third kappa shape index (κ3) is 7.40. The third-order valence-corrected chi connectivity index (χ3v) is 3.90. The van der Waals surface area contributed by atoms with Gasteiger partial charge in [0.05, 0.1) is 6.42 Å². The van der Waals surface area contributed by atoms with Gasteiger partial charge in [0.25, 0.3) is 0 Å². The van der Waals surface area contributed by atoms with Crippen molar-refractivity contribution in [1.29, 1.82) is 0 Å². The summed E-state index contributed by atoms with van der Waals surface area (Å²) >= 11 is 0. The van der Waals surface area contributed by atoms with E-state index in [0.29, 0.717) is 6.42 Å². The van der Waals surface area contributed by atoms with Gasteiger partial charge in [-0.05, 0) is 24.7 Å². The van der Waals surface area contributed by atoms with E-state index < -0.39 is 5.97 Å². The van der Waals surface area contributed by atoms with E-state index in [1.54, 1.807) is 0 Å². The Morgan fingerprint density at radius 2 is 1.53 bits per heavy atom. The van der Waals surface area contributed by atoms with Gasteiger partial charge in [-0.2, -0.15) is 0 Å². The lowest BCUT2D eigenvalue weighted by Gasteiger charge is -2.31. The molecule has 0 spiro atoms. The van der Waals surface area contributed by atoms with Gasteiger partial charge >= 0.3 is 5.97 Å². The topological polar surface area (TPSA) is 37.3 Å². The van der Waals surface area contributed by atoms with E-state index in [0.717, 1.165) is 32.1 Å². The summed E-state index contributed by atoms with van der Waals surface area (Å²) in [6, 6.07) is 0. The third-order valence-electron chi connectivity index (χ3n) is 3.90. The molecule has 0 aromatic carbocycles. The zero-order chi connectivity index (χ0) is 13.1. The van der Waals surface area contributed by atoms with Crippen LogP contribution in [0.5, 0.6) is 0 Å². The Balaban J connectivity index is 4.27. The predicted molar refractivity (Wildman–Crippen MR) is 73.3 cm³/mol. The van der Waals surface area contributed by atoms with E-state index in [4.69, 9.17) is 5.11 Å². The largest absolute Gasteiger partial charge is 0.481 e. The van der Waals surface area contributed by atoms with Crippen LogP contribution >= 0.6 is 0 Å². The van der Waals surface area contributed by atoms with Crippen LogP contribution < -0.4 is 0 Å². The smallest absolute Gasteiger partial charge is 0.303 e. The van der Waals surface area contributed by atoms with Crippen LogP contribution in [0.4, 0.5) is 0 Å². The molecule has 0 aliphatic heterocycles. The summed E-state index contributed by atoms with van der Waals surface area (Å²) in [5.41, 5.74) is 0.0651. The molecule has 0 aromatic heterocycles. The molecule has 0 saturated carbocycles. The summed E-state index contributed by atoms with van der Waals surface area (Å²) in [6.45, 7) is 6.54. The summed E-state index contributed by atoms with van der Waals surface area (Å²) in [7, 11) is 0. The Bertz CT molecular complexity index is 201. The van der Waals surface area contributed by atoms with Crippen LogP contribution in [0.3, 0.4) is 0 Å². The monoisotopic (exact) mass is 242 g/mol. The van der Waals surface area contributed by atoms with Crippen molar-refractivity contribution in [3.63, 3.8) is 0 Å². The number of hydrogen-bond donors (Lipinski definition) is 1. The number of carbonyl (C=O) groups is 1. The maximum absolute atomic E-state index is 11.0. The normalized spacial score (nSPS) is 14.5. The lowest BCUT2D eigenvalue weighted by atomic mass is 9.73. The second kappa shape index (κ2) is 9.49. The first-order chi connectivity index (χ1) is 8.10. The fourth-order valence-corrected chi connectivity index (χ4v) is 2.58. The van der Waals surface area contributed by atoms with E-state index in [-0.39, 0.29) is 5.41 Å². The number of aliphatic carboxylic acids is 1. The van der Waals surface area contributed by atoms with Gasteiger partial charge in [0.2, 0.25) is 0 Å². The molecule has 0 amide bonds. The molecule has 2 heteroatoms. The van der Waals surface area contributed by atoms with Gasteiger partial charge in [-0.3, -0.25) is 4.79 Å². The number of carboxylic acids is 1. The van der Waals surface area contributed by atoms with Crippen molar-refractivity contribution in [2.24, 2.45) is 5.41 Å². The Kier molecular flexibility index (Phi) is 9.20. The molecule has 0 radical (unpaired) electrons. The summed E-state index contributed by atoms with van der Waals surface area (Å²) in [5.74, 6) is -0.626. The fraction of sp³-hybridized carbons (Fsp3) is 0.933. The highest BCUT2D eigenvalue weighted by molar-refractivity contribution is 5.67. The lowest BCUT2D eigenvalue weighted by Crippen LogP contribution is -2.24. The molecule has 0 saturated heterocycles. The summed E-state index contributed by atoms with van der Waals surface area (Å²) < 4.78 is 0. The van der Waals surface area contributed by atoms with Crippen molar-refractivity contribution < 1.29 is 9.90 Å². The van der Waals surface area contributed by atoms with Crippen molar-refractivity contribution in [2.45, 2.75) is 85.0 Å². The van der Waals surface area contributed by atoms with E-state index >= 15 is 0 Å². The lowest BCUT2D eigenvalue weighted by molar-refractivity contribution is -0.140. The van der Waals surface area contributed by atoms with Gasteiger partial charge < -0.3 is 5.11 Å².